The van der Waals surface area contributed by atoms with E-state index < -0.39 is 6.36 Å². The molecule has 0 radical (unpaired) electrons. The van der Waals surface area contributed by atoms with E-state index in [0.717, 1.165) is 34.2 Å². The van der Waals surface area contributed by atoms with Crippen LogP contribution in [0, 0.1) is 27.7 Å². The van der Waals surface area contributed by atoms with Crippen molar-refractivity contribution in [1.29, 1.82) is 0 Å². The summed E-state index contributed by atoms with van der Waals surface area (Å²) in [5, 5.41) is 6.32. The number of likely N-dealkylation sites (tertiary alicyclic amines) is 1. The average Bonchev–Trinajstić information content (AvgIpc) is 3.43. The highest BCUT2D eigenvalue weighted by Crippen LogP contribution is 2.25. The smallest absolute Gasteiger partial charge is 0.406 e. The van der Waals surface area contributed by atoms with Crippen molar-refractivity contribution in [1.82, 2.24) is 14.9 Å². The molecule has 1 atom stereocenters. The second-order valence-electron chi connectivity index (χ2n) is 11.5. The molecule has 1 aliphatic rings. The number of nitrogens with one attached hydrogen (secondary N) is 1. The van der Waals surface area contributed by atoms with E-state index in [9.17, 15) is 18.0 Å². The molecule has 1 amide bonds. The first-order valence-electron chi connectivity index (χ1n) is 14.6. The highest BCUT2D eigenvalue weighted by atomic mass is 35.5. The van der Waals surface area contributed by atoms with E-state index in [1.165, 1.54) is 46.3 Å². The highest BCUT2D eigenvalue weighted by Gasteiger charge is 2.31. The predicted octanol–water partition coefficient (Wildman–Crippen LogP) is 8.51. The van der Waals surface area contributed by atoms with Gasteiger partial charge < -0.3 is 15.0 Å². The van der Waals surface area contributed by atoms with Gasteiger partial charge in [0.15, 0.2) is 0 Å². The van der Waals surface area contributed by atoms with Crippen LogP contribution in [0.5, 0.6) is 5.75 Å². The Balaban J connectivity index is 0.000000256. The number of anilines is 1. The number of benzene rings is 3. The molecule has 0 aliphatic carbocycles. The summed E-state index contributed by atoms with van der Waals surface area (Å²) in [6.45, 7) is 9.42. The minimum atomic E-state index is -4.73. The van der Waals surface area contributed by atoms with Gasteiger partial charge in [-0.05, 0) is 99.3 Å². The molecular formula is C35H34ClF3N4O2. The second-order valence-corrected chi connectivity index (χ2v) is 11.9. The number of pyridine rings is 2. The topological polar surface area (TPSA) is 67.4 Å². The molecule has 3 aromatic carbocycles. The maximum atomic E-state index is 12.7. The van der Waals surface area contributed by atoms with Gasteiger partial charge in [0.05, 0.1) is 17.5 Å². The third kappa shape index (κ3) is 8.42. The summed E-state index contributed by atoms with van der Waals surface area (Å²) in [4.78, 5) is 23.4. The van der Waals surface area contributed by atoms with Gasteiger partial charge in [0.2, 0.25) is 5.91 Å². The van der Waals surface area contributed by atoms with Crippen LogP contribution in [-0.4, -0.2) is 46.3 Å². The molecule has 45 heavy (non-hydrogen) atoms. The Kier molecular flexibility index (Phi) is 9.48. The zero-order valence-electron chi connectivity index (χ0n) is 25.5. The van der Waals surface area contributed by atoms with Crippen LogP contribution in [0.15, 0.2) is 72.8 Å². The van der Waals surface area contributed by atoms with Gasteiger partial charge in [-0.2, -0.15) is 0 Å². The lowest BCUT2D eigenvalue weighted by Crippen LogP contribution is -2.32. The van der Waals surface area contributed by atoms with Gasteiger partial charge in [0.25, 0.3) is 0 Å². The normalized spacial score (nSPS) is 14.8. The molecule has 1 N–H and O–H groups in total. The zero-order chi connectivity index (χ0) is 32.3. The Bertz CT molecular complexity index is 1840. The number of rotatable bonds is 5. The van der Waals surface area contributed by atoms with E-state index in [4.69, 9.17) is 16.6 Å². The number of ether oxygens (including phenoxy) is 1. The standard InChI is InChI=1S/C24H24F3N3O2.C11H10ClN/c1-15-3-8-21-20(11-15)16(2)12-22(29-21)28-18-9-10-30(14-18)23(31)13-17-4-6-19(7-5-17)32-24(25,26)27;1-7-3-4-10-9(5-7)8(2)6-11(12)13-10/h3-8,11-12,18H,9-10,13-14H2,1-2H3,(H,28,29);3-6H,1-2H3/t18-;/m0./s1. The number of hydrogen-bond donors (Lipinski definition) is 1. The van der Waals surface area contributed by atoms with Crippen LogP contribution in [0.25, 0.3) is 21.8 Å². The lowest BCUT2D eigenvalue weighted by Gasteiger charge is -2.18. The van der Waals surface area contributed by atoms with E-state index in [1.54, 1.807) is 4.90 Å². The lowest BCUT2D eigenvalue weighted by molar-refractivity contribution is -0.274. The van der Waals surface area contributed by atoms with E-state index in [0.29, 0.717) is 23.8 Å². The quantitative estimate of drug-likeness (QED) is 0.196. The SMILES string of the molecule is Cc1ccc2nc(Cl)cc(C)c2c1.Cc1ccc2nc(N[C@H]3CCN(C(=O)Cc4ccc(OC(F)(F)F)cc4)C3)cc(C)c2c1. The van der Waals surface area contributed by atoms with Crippen LogP contribution in [0.2, 0.25) is 5.15 Å². The minimum absolute atomic E-state index is 0.0584. The Morgan fingerprint density at radius 1 is 0.889 bits per heavy atom. The number of alkyl halides is 3. The van der Waals surface area contributed by atoms with Crippen molar-refractivity contribution in [3.8, 4) is 5.75 Å². The number of carbonyl (C=O) groups is 1. The maximum absolute atomic E-state index is 12.7. The molecule has 1 aliphatic heterocycles. The molecule has 6 nitrogen and oxygen atoms in total. The monoisotopic (exact) mass is 634 g/mol. The molecule has 2 aromatic heterocycles. The number of aryl methyl sites for hydroxylation is 4. The van der Waals surface area contributed by atoms with Gasteiger partial charge in [-0.3, -0.25) is 4.79 Å². The third-order valence-electron chi connectivity index (χ3n) is 7.72. The number of carbonyl (C=O) groups excluding carboxylic acids is 1. The van der Waals surface area contributed by atoms with Gasteiger partial charge >= 0.3 is 6.36 Å². The predicted molar refractivity (Wildman–Crippen MR) is 173 cm³/mol. The molecule has 0 spiro atoms. The fourth-order valence-electron chi connectivity index (χ4n) is 5.46. The molecule has 0 bridgehead atoms. The molecule has 1 saturated heterocycles. The third-order valence-corrected chi connectivity index (χ3v) is 7.91. The first-order chi connectivity index (χ1) is 21.3. The van der Waals surface area contributed by atoms with Crippen molar-refractivity contribution in [2.24, 2.45) is 0 Å². The zero-order valence-corrected chi connectivity index (χ0v) is 26.3. The number of fused-ring (bicyclic) bond motifs is 2. The maximum Gasteiger partial charge on any atom is 0.573 e. The second kappa shape index (κ2) is 13.3. The first-order valence-corrected chi connectivity index (χ1v) is 15.0. The fraction of sp³-hybridized carbons (Fsp3) is 0.286. The van der Waals surface area contributed by atoms with Crippen molar-refractivity contribution >= 4 is 45.1 Å². The first kappa shape index (κ1) is 32.0. The van der Waals surface area contributed by atoms with E-state index in [2.05, 4.69) is 54.9 Å². The van der Waals surface area contributed by atoms with Crippen molar-refractivity contribution in [2.45, 2.75) is 52.9 Å². The van der Waals surface area contributed by atoms with Gasteiger partial charge in [-0.1, -0.05) is 47.0 Å². The summed E-state index contributed by atoms with van der Waals surface area (Å²) in [5.41, 5.74) is 7.31. The van der Waals surface area contributed by atoms with Crippen molar-refractivity contribution < 1.29 is 22.7 Å². The summed E-state index contributed by atoms with van der Waals surface area (Å²) < 4.78 is 40.7. The number of hydrogen-bond acceptors (Lipinski definition) is 5. The highest BCUT2D eigenvalue weighted by molar-refractivity contribution is 6.29. The summed E-state index contributed by atoms with van der Waals surface area (Å²) in [6, 6.07) is 21.8. The number of nitrogens with zero attached hydrogens (tertiary/aromatic N) is 3. The molecule has 5 aromatic rings. The van der Waals surface area contributed by atoms with Crippen LogP contribution >= 0.6 is 11.6 Å². The lowest BCUT2D eigenvalue weighted by atomic mass is 10.1. The molecule has 0 saturated carbocycles. The Morgan fingerprint density at radius 3 is 2.11 bits per heavy atom. The van der Waals surface area contributed by atoms with Crippen molar-refractivity contribution in [2.75, 3.05) is 18.4 Å². The van der Waals surface area contributed by atoms with E-state index in [1.807, 2.05) is 36.4 Å². The minimum Gasteiger partial charge on any atom is -0.406 e. The number of aromatic nitrogens is 2. The molecule has 3 heterocycles. The van der Waals surface area contributed by atoms with Gasteiger partial charge in [-0.15, -0.1) is 13.2 Å². The molecule has 1 fully saturated rings. The molecule has 0 unspecified atom stereocenters. The number of amides is 1. The fourth-order valence-corrected chi connectivity index (χ4v) is 5.71. The van der Waals surface area contributed by atoms with Crippen molar-refractivity contribution in [3.05, 3.63) is 106 Å². The molecule has 234 valence electrons. The Hall–Kier alpha value is -4.37. The van der Waals surface area contributed by atoms with Gasteiger partial charge in [-0.25, -0.2) is 9.97 Å². The van der Waals surface area contributed by atoms with Crippen LogP contribution in [0.4, 0.5) is 19.0 Å². The largest absolute Gasteiger partial charge is 0.573 e. The van der Waals surface area contributed by atoms with Crippen molar-refractivity contribution in [3.63, 3.8) is 0 Å². The molecule has 10 heteroatoms. The Morgan fingerprint density at radius 2 is 1.49 bits per heavy atom. The summed E-state index contributed by atoms with van der Waals surface area (Å²) in [7, 11) is 0. The summed E-state index contributed by atoms with van der Waals surface area (Å²) in [6.07, 6.45) is -3.80. The van der Waals surface area contributed by atoms with Crippen LogP contribution < -0.4 is 10.1 Å². The molecular weight excluding hydrogens is 601 g/mol. The van der Waals surface area contributed by atoms with E-state index in [-0.39, 0.29) is 24.1 Å². The average molecular weight is 635 g/mol. The Labute approximate surface area is 265 Å². The molecule has 6 rings (SSSR count). The summed E-state index contributed by atoms with van der Waals surface area (Å²) >= 11 is 5.85. The van der Waals surface area contributed by atoms with Gasteiger partial charge in [0.1, 0.15) is 16.7 Å². The van der Waals surface area contributed by atoms with Crippen LogP contribution in [0.1, 0.15) is 34.2 Å². The number of halogens is 4. The van der Waals surface area contributed by atoms with E-state index >= 15 is 0 Å². The van der Waals surface area contributed by atoms with Gasteiger partial charge in [0, 0.05) is 29.9 Å². The summed E-state index contributed by atoms with van der Waals surface area (Å²) in [5.74, 6) is 0.433. The van der Waals surface area contributed by atoms with Crippen LogP contribution in [0.3, 0.4) is 0 Å². The van der Waals surface area contributed by atoms with Crippen LogP contribution in [-0.2, 0) is 11.2 Å².